The molecular weight excluding hydrogens is 100 g/mol. The van der Waals surface area contributed by atoms with Gasteiger partial charge in [-0.15, -0.1) is 0 Å². The Morgan fingerprint density at radius 2 is 2.50 bits per heavy atom. The van der Waals surface area contributed by atoms with Gasteiger partial charge in [0, 0.05) is 5.41 Å². The molecule has 0 aromatic carbocycles. The van der Waals surface area contributed by atoms with Crippen LogP contribution in [0.3, 0.4) is 0 Å². The van der Waals surface area contributed by atoms with Crippen molar-refractivity contribution in [3.63, 3.8) is 0 Å². The molecule has 0 bridgehead atoms. The van der Waals surface area contributed by atoms with Gasteiger partial charge in [0.2, 0.25) is 6.29 Å². The van der Waals surface area contributed by atoms with E-state index >= 15 is 0 Å². The maximum Gasteiger partial charge on any atom is 0.205 e. The van der Waals surface area contributed by atoms with Crippen molar-refractivity contribution in [1.29, 1.82) is 0 Å². The summed E-state index contributed by atoms with van der Waals surface area (Å²) in [6.07, 6.45) is 4.26. The van der Waals surface area contributed by atoms with Gasteiger partial charge >= 0.3 is 0 Å². The minimum atomic E-state index is -0.0469. The van der Waals surface area contributed by atoms with Gasteiger partial charge in [0.15, 0.2) is 0 Å². The number of carbonyl (C=O) groups excluding carboxylic acids is 1. The van der Waals surface area contributed by atoms with E-state index in [4.69, 9.17) is 0 Å². The lowest BCUT2D eigenvalue weighted by atomic mass is 10.1. The monoisotopic (exact) mass is 111 g/mol. The summed E-state index contributed by atoms with van der Waals surface area (Å²) in [6, 6.07) is 0. The maximum atomic E-state index is 10.1. The molecule has 8 heavy (non-hydrogen) atoms. The largest absolute Gasteiger partial charge is 0.290 e. The first-order chi connectivity index (χ1) is 3.73. The number of rotatable bonds is 2. The average molecular weight is 111 g/mol. The van der Waals surface area contributed by atoms with Crippen molar-refractivity contribution in [1.82, 2.24) is 0 Å². The molecule has 2 unspecified atom stereocenters. The highest BCUT2D eigenvalue weighted by molar-refractivity contribution is 5.64. The molecule has 0 aliphatic heterocycles. The molecule has 1 rings (SSSR count). The molecule has 1 radical (unpaired) electrons. The predicted octanol–water partition coefficient (Wildman–Crippen LogP) is 1.53. The van der Waals surface area contributed by atoms with Crippen molar-refractivity contribution >= 4 is 6.29 Å². The molecule has 0 heterocycles. The Morgan fingerprint density at radius 3 is 2.62 bits per heavy atom. The lowest BCUT2D eigenvalue weighted by Gasteiger charge is -1.93. The molecule has 45 valence electrons. The van der Waals surface area contributed by atoms with E-state index in [2.05, 4.69) is 13.2 Å². The Morgan fingerprint density at radius 1 is 1.88 bits per heavy atom. The van der Waals surface area contributed by atoms with Crippen molar-refractivity contribution in [2.24, 2.45) is 11.3 Å². The molecule has 0 aromatic rings. The third-order valence-corrected chi connectivity index (χ3v) is 2.14. The van der Waals surface area contributed by atoms with E-state index in [-0.39, 0.29) is 5.41 Å². The average Bonchev–Trinajstić information content (AvgIpc) is 2.44. The maximum absolute atomic E-state index is 10.1. The molecule has 1 aliphatic rings. The SMILES string of the molecule is CCC1CC1(C)[C]=O. The van der Waals surface area contributed by atoms with Gasteiger partial charge in [-0.2, -0.15) is 0 Å². The van der Waals surface area contributed by atoms with Gasteiger partial charge < -0.3 is 0 Å². The van der Waals surface area contributed by atoms with Crippen LogP contribution in [0.4, 0.5) is 0 Å². The first-order valence-electron chi connectivity index (χ1n) is 3.12. The van der Waals surface area contributed by atoms with Crippen molar-refractivity contribution in [2.45, 2.75) is 26.7 Å². The van der Waals surface area contributed by atoms with E-state index in [1.54, 1.807) is 0 Å². The van der Waals surface area contributed by atoms with Crippen LogP contribution in [0.25, 0.3) is 0 Å². The molecule has 0 spiro atoms. The standard InChI is InChI=1S/C7H11O/c1-3-6-4-7(6,2)5-8/h6H,3-4H2,1-2H3. The highest BCUT2D eigenvalue weighted by Gasteiger charge is 2.49. The quantitative estimate of drug-likeness (QED) is 0.528. The molecule has 1 nitrogen and oxygen atoms in total. The Bertz CT molecular complexity index is 109. The van der Waals surface area contributed by atoms with E-state index in [1.807, 2.05) is 6.92 Å². The van der Waals surface area contributed by atoms with Gasteiger partial charge in [0.1, 0.15) is 0 Å². The van der Waals surface area contributed by atoms with Gasteiger partial charge in [0.25, 0.3) is 0 Å². The summed E-state index contributed by atoms with van der Waals surface area (Å²) in [7, 11) is 0. The lowest BCUT2D eigenvalue weighted by Crippen LogP contribution is -1.97. The third kappa shape index (κ3) is 0.662. The van der Waals surface area contributed by atoms with Crippen molar-refractivity contribution < 1.29 is 4.79 Å². The van der Waals surface area contributed by atoms with Crippen LogP contribution in [0.2, 0.25) is 0 Å². The van der Waals surface area contributed by atoms with E-state index in [0.29, 0.717) is 5.92 Å². The second-order valence-electron chi connectivity index (χ2n) is 2.83. The van der Waals surface area contributed by atoms with Crippen LogP contribution in [0.1, 0.15) is 26.7 Å². The van der Waals surface area contributed by atoms with Crippen LogP contribution in [0.15, 0.2) is 0 Å². The minimum absolute atomic E-state index is 0.0469. The van der Waals surface area contributed by atoms with Crippen molar-refractivity contribution in [3.05, 3.63) is 0 Å². The normalized spacial score (nSPS) is 44.0. The summed E-state index contributed by atoms with van der Waals surface area (Å²) in [5.74, 6) is 0.639. The van der Waals surface area contributed by atoms with E-state index in [1.165, 1.54) is 0 Å². The molecule has 0 aromatic heterocycles. The summed E-state index contributed by atoms with van der Waals surface area (Å²) in [5.41, 5.74) is -0.0469. The van der Waals surface area contributed by atoms with E-state index < -0.39 is 0 Å². The fraction of sp³-hybridized carbons (Fsp3) is 0.857. The molecule has 0 N–H and O–H groups in total. The second kappa shape index (κ2) is 1.57. The summed E-state index contributed by atoms with van der Waals surface area (Å²) in [4.78, 5) is 10.1. The third-order valence-electron chi connectivity index (χ3n) is 2.14. The van der Waals surface area contributed by atoms with Crippen LogP contribution >= 0.6 is 0 Å². The van der Waals surface area contributed by atoms with Gasteiger partial charge in [-0.3, -0.25) is 4.79 Å². The summed E-state index contributed by atoms with van der Waals surface area (Å²) < 4.78 is 0. The van der Waals surface area contributed by atoms with Crippen molar-refractivity contribution in [2.75, 3.05) is 0 Å². The van der Waals surface area contributed by atoms with Gasteiger partial charge in [-0.05, 0) is 12.3 Å². The van der Waals surface area contributed by atoms with Crippen molar-refractivity contribution in [3.8, 4) is 0 Å². The molecule has 1 aliphatic carbocycles. The molecule has 1 heteroatoms. The zero-order chi connectivity index (χ0) is 6.20. The van der Waals surface area contributed by atoms with Gasteiger partial charge in [-0.25, -0.2) is 0 Å². The second-order valence-corrected chi connectivity index (χ2v) is 2.83. The fourth-order valence-electron chi connectivity index (χ4n) is 1.17. The van der Waals surface area contributed by atoms with E-state index in [0.717, 1.165) is 12.8 Å². The van der Waals surface area contributed by atoms with Crippen LogP contribution in [-0.2, 0) is 4.79 Å². The first-order valence-corrected chi connectivity index (χ1v) is 3.12. The number of hydrogen-bond donors (Lipinski definition) is 0. The Hall–Kier alpha value is -0.330. The Labute approximate surface area is 50.1 Å². The van der Waals surface area contributed by atoms with Crippen LogP contribution in [-0.4, -0.2) is 6.29 Å². The topological polar surface area (TPSA) is 17.1 Å². The molecule has 1 fully saturated rings. The smallest absolute Gasteiger partial charge is 0.205 e. The Kier molecular flexibility index (Phi) is 1.14. The highest BCUT2D eigenvalue weighted by atomic mass is 16.1. The molecule has 2 atom stereocenters. The predicted molar refractivity (Wildman–Crippen MR) is 32.2 cm³/mol. The van der Waals surface area contributed by atoms with E-state index in [9.17, 15) is 4.79 Å². The zero-order valence-corrected chi connectivity index (χ0v) is 5.40. The van der Waals surface area contributed by atoms with Gasteiger partial charge in [-0.1, -0.05) is 20.3 Å². The molecule has 0 amide bonds. The summed E-state index contributed by atoms with van der Waals surface area (Å²) in [6.45, 7) is 4.10. The zero-order valence-electron chi connectivity index (χ0n) is 5.40. The molecule has 0 saturated heterocycles. The lowest BCUT2D eigenvalue weighted by molar-refractivity contribution is 0.509. The summed E-state index contributed by atoms with van der Waals surface area (Å²) in [5, 5.41) is 0. The summed E-state index contributed by atoms with van der Waals surface area (Å²) >= 11 is 0. The fourth-order valence-corrected chi connectivity index (χ4v) is 1.17. The molecular formula is C7H11O. The number of hydrogen-bond acceptors (Lipinski definition) is 1. The van der Waals surface area contributed by atoms with Crippen LogP contribution < -0.4 is 0 Å². The minimum Gasteiger partial charge on any atom is -0.290 e. The van der Waals surface area contributed by atoms with Gasteiger partial charge in [0.05, 0.1) is 0 Å². The first kappa shape index (κ1) is 5.80. The van der Waals surface area contributed by atoms with Crippen LogP contribution in [0.5, 0.6) is 0 Å². The Balaban J connectivity index is 2.42. The highest BCUT2D eigenvalue weighted by Crippen LogP contribution is 2.51. The van der Waals surface area contributed by atoms with Crippen LogP contribution in [0, 0.1) is 11.3 Å². The molecule has 1 saturated carbocycles.